The molecule has 0 aliphatic carbocycles. The number of anilines is 1. The van der Waals surface area contributed by atoms with E-state index in [1.807, 2.05) is 27.4 Å². The monoisotopic (exact) mass is 453 g/mol. The first-order valence-electron chi connectivity index (χ1n) is 11.6. The van der Waals surface area contributed by atoms with Gasteiger partial charge in [0, 0.05) is 42.5 Å². The van der Waals surface area contributed by atoms with Gasteiger partial charge >= 0.3 is 0 Å². The van der Waals surface area contributed by atoms with Crippen LogP contribution in [-0.2, 0) is 13.0 Å². The van der Waals surface area contributed by atoms with Crippen LogP contribution in [0.25, 0.3) is 27.5 Å². The van der Waals surface area contributed by atoms with Gasteiger partial charge in [-0.2, -0.15) is 10.2 Å². The van der Waals surface area contributed by atoms with Gasteiger partial charge in [-0.15, -0.1) is 0 Å². The van der Waals surface area contributed by atoms with Gasteiger partial charge in [0.25, 0.3) is 0 Å². The summed E-state index contributed by atoms with van der Waals surface area (Å²) in [5.41, 5.74) is 12.5. The summed E-state index contributed by atoms with van der Waals surface area (Å²) in [7, 11) is 0. The number of β-amino-alcohol motifs (C(OH)–C–C–N with tert-alkyl or cyclic N) is 1. The Morgan fingerprint density at radius 3 is 2.74 bits per heavy atom. The third-order valence-corrected chi connectivity index (χ3v) is 6.66. The minimum atomic E-state index is 0.207. The number of hydrogen-bond acceptors (Lipinski definition) is 6. The average molecular weight is 454 g/mol. The van der Waals surface area contributed by atoms with Crippen molar-refractivity contribution in [3.63, 3.8) is 0 Å². The Bertz CT molecular complexity index is 1450. The Labute approximate surface area is 197 Å². The lowest BCUT2D eigenvalue weighted by Crippen LogP contribution is -2.48. The normalized spacial score (nSPS) is 14.7. The van der Waals surface area contributed by atoms with Crippen LogP contribution in [0.15, 0.2) is 67.1 Å². The topological polar surface area (TPSA) is 97.5 Å². The zero-order valence-corrected chi connectivity index (χ0v) is 18.9. The minimum absolute atomic E-state index is 0.207. The van der Waals surface area contributed by atoms with Gasteiger partial charge < -0.3 is 15.7 Å². The van der Waals surface area contributed by atoms with Crippen LogP contribution in [0, 0.1) is 5.92 Å². The molecule has 2 aromatic carbocycles. The first-order chi connectivity index (χ1) is 16.7. The molecule has 1 aliphatic heterocycles. The zero-order chi connectivity index (χ0) is 23.1. The number of likely N-dealkylation sites (tertiary alicyclic amines) is 1. The van der Waals surface area contributed by atoms with Crippen molar-refractivity contribution in [2.45, 2.75) is 13.0 Å². The summed E-state index contributed by atoms with van der Waals surface area (Å²) in [6.45, 7) is 3.67. The number of nitrogens with two attached hydrogens (primary N) is 1. The van der Waals surface area contributed by atoms with Gasteiger partial charge in [-0.05, 0) is 35.6 Å². The van der Waals surface area contributed by atoms with Crippen molar-refractivity contribution in [1.29, 1.82) is 0 Å². The Morgan fingerprint density at radius 2 is 1.91 bits per heavy atom. The first kappa shape index (κ1) is 20.8. The molecule has 0 saturated carbocycles. The summed E-state index contributed by atoms with van der Waals surface area (Å²) < 4.78 is 3.92. The maximum Gasteiger partial charge on any atom is 0.151 e. The molecule has 1 saturated heterocycles. The number of aliphatic hydroxyl groups is 1. The van der Waals surface area contributed by atoms with Crippen LogP contribution in [0.2, 0.25) is 0 Å². The molecule has 0 amide bonds. The quantitative estimate of drug-likeness (QED) is 0.393. The molecule has 3 N–H and O–H groups in total. The zero-order valence-electron chi connectivity index (χ0n) is 18.9. The van der Waals surface area contributed by atoms with Gasteiger partial charge in [0.2, 0.25) is 0 Å². The van der Waals surface area contributed by atoms with Crippen LogP contribution in [0.1, 0.15) is 11.3 Å². The molecule has 3 aromatic heterocycles. The molecule has 6 rings (SSSR count). The molecule has 172 valence electrons. The summed E-state index contributed by atoms with van der Waals surface area (Å²) in [5, 5.41) is 19.6. The molecule has 34 heavy (non-hydrogen) atoms. The predicted octanol–water partition coefficient (Wildman–Crippen LogP) is 2.84. The van der Waals surface area contributed by atoms with E-state index in [4.69, 9.17) is 15.9 Å². The SMILES string of the molecule is Nc1ncnn2c(CC3CN(CCO)C3)cc(-c3ccc4cn(Cc5ccccc5)nc4c3)c12. The maximum atomic E-state index is 9.15. The van der Waals surface area contributed by atoms with Gasteiger partial charge in [0.05, 0.1) is 18.7 Å². The summed E-state index contributed by atoms with van der Waals surface area (Å²) >= 11 is 0. The molecule has 5 aromatic rings. The molecule has 0 atom stereocenters. The highest BCUT2D eigenvalue weighted by Gasteiger charge is 2.28. The fourth-order valence-electron chi connectivity index (χ4n) is 5.01. The molecule has 0 radical (unpaired) electrons. The maximum absolute atomic E-state index is 9.15. The Morgan fingerprint density at radius 1 is 1.06 bits per heavy atom. The number of fused-ring (bicyclic) bond motifs is 2. The number of aliphatic hydroxyl groups excluding tert-OH is 1. The Balaban J connectivity index is 1.33. The van der Waals surface area contributed by atoms with Crippen molar-refractivity contribution < 1.29 is 5.11 Å². The third kappa shape index (κ3) is 3.81. The van der Waals surface area contributed by atoms with Crippen molar-refractivity contribution in [2.75, 3.05) is 32.0 Å². The summed E-state index contributed by atoms with van der Waals surface area (Å²) in [5.74, 6) is 1.02. The molecule has 0 spiro atoms. The second-order valence-corrected chi connectivity index (χ2v) is 9.09. The number of rotatable bonds is 7. The van der Waals surface area contributed by atoms with E-state index >= 15 is 0 Å². The lowest BCUT2D eigenvalue weighted by atomic mass is 9.94. The second kappa shape index (κ2) is 8.55. The van der Waals surface area contributed by atoms with Gasteiger partial charge in [-0.3, -0.25) is 4.68 Å². The molecule has 4 heterocycles. The molecule has 0 unspecified atom stereocenters. The van der Waals surface area contributed by atoms with Gasteiger partial charge in [-0.25, -0.2) is 9.50 Å². The largest absolute Gasteiger partial charge is 0.395 e. The summed E-state index contributed by atoms with van der Waals surface area (Å²) in [6.07, 6.45) is 4.51. The molecular formula is C26H27N7O. The lowest BCUT2D eigenvalue weighted by Gasteiger charge is -2.38. The number of benzene rings is 2. The van der Waals surface area contributed by atoms with Crippen molar-refractivity contribution >= 4 is 22.2 Å². The highest BCUT2D eigenvalue weighted by Crippen LogP contribution is 2.33. The molecule has 1 fully saturated rings. The second-order valence-electron chi connectivity index (χ2n) is 9.09. The van der Waals surface area contributed by atoms with Crippen LogP contribution >= 0.6 is 0 Å². The minimum Gasteiger partial charge on any atom is -0.395 e. The van der Waals surface area contributed by atoms with E-state index in [-0.39, 0.29) is 6.61 Å². The fourth-order valence-corrected chi connectivity index (χ4v) is 5.01. The summed E-state index contributed by atoms with van der Waals surface area (Å²) in [6, 6.07) is 18.9. The standard InChI is InChI=1S/C26H27N7O/c27-26-25-23(12-22(33(25)29-17-28-26)10-19-13-31(14-19)8-9-34)20-6-7-21-16-32(30-24(21)11-20)15-18-4-2-1-3-5-18/h1-7,11-12,16-17,19,34H,8-10,13-15H2,(H2,27,28,29). The van der Waals surface area contributed by atoms with Crippen LogP contribution in [0.3, 0.4) is 0 Å². The van der Waals surface area contributed by atoms with E-state index in [0.717, 1.165) is 65.8 Å². The number of nitrogens with zero attached hydrogens (tertiary/aromatic N) is 6. The Hall–Kier alpha value is -3.75. The van der Waals surface area contributed by atoms with Crippen molar-refractivity contribution in [1.82, 2.24) is 29.3 Å². The van der Waals surface area contributed by atoms with Crippen LogP contribution in [0.5, 0.6) is 0 Å². The molecule has 1 aliphatic rings. The van der Waals surface area contributed by atoms with E-state index in [0.29, 0.717) is 11.7 Å². The van der Waals surface area contributed by atoms with E-state index in [9.17, 15) is 0 Å². The molecule has 8 heteroatoms. The van der Waals surface area contributed by atoms with Crippen LogP contribution in [-0.4, -0.2) is 60.6 Å². The van der Waals surface area contributed by atoms with E-state index < -0.39 is 0 Å². The van der Waals surface area contributed by atoms with Crippen LogP contribution < -0.4 is 5.73 Å². The highest BCUT2D eigenvalue weighted by molar-refractivity contribution is 5.92. The fraction of sp³-hybridized carbons (Fsp3) is 0.269. The number of hydrogen-bond donors (Lipinski definition) is 2. The van der Waals surface area contributed by atoms with Crippen LogP contribution in [0.4, 0.5) is 5.82 Å². The van der Waals surface area contributed by atoms with E-state index in [2.05, 4.69) is 57.6 Å². The predicted molar refractivity (Wildman–Crippen MR) is 132 cm³/mol. The van der Waals surface area contributed by atoms with Crippen molar-refractivity contribution in [2.24, 2.45) is 5.92 Å². The van der Waals surface area contributed by atoms with Crippen molar-refractivity contribution in [3.05, 3.63) is 78.4 Å². The average Bonchev–Trinajstić information content (AvgIpc) is 3.39. The van der Waals surface area contributed by atoms with E-state index in [1.165, 1.54) is 11.9 Å². The Kier molecular flexibility index (Phi) is 5.24. The smallest absolute Gasteiger partial charge is 0.151 e. The van der Waals surface area contributed by atoms with Gasteiger partial charge in [-0.1, -0.05) is 42.5 Å². The van der Waals surface area contributed by atoms with Crippen molar-refractivity contribution in [3.8, 4) is 11.1 Å². The first-order valence-corrected chi connectivity index (χ1v) is 11.6. The van der Waals surface area contributed by atoms with Gasteiger partial charge in [0.1, 0.15) is 11.8 Å². The van der Waals surface area contributed by atoms with E-state index in [1.54, 1.807) is 0 Å². The molecule has 8 nitrogen and oxygen atoms in total. The van der Waals surface area contributed by atoms with Gasteiger partial charge in [0.15, 0.2) is 5.82 Å². The highest BCUT2D eigenvalue weighted by atomic mass is 16.3. The molecule has 0 bridgehead atoms. The number of nitrogen functional groups attached to an aromatic ring is 1. The summed E-state index contributed by atoms with van der Waals surface area (Å²) in [4.78, 5) is 6.53. The number of aromatic nitrogens is 5. The lowest BCUT2D eigenvalue weighted by molar-refractivity contribution is 0.0776. The third-order valence-electron chi connectivity index (χ3n) is 6.66. The molecular weight excluding hydrogens is 426 g/mol.